The molecule has 1 amide bonds. The summed E-state index contributed by atoms with van der Waals surface area (Å²) >= 11 is 0. The summed E-state index contributed by atoms with van der Waals surface area (Å²) in [6.07, 6.45) is 5.10. The van der Waals surface area contributed by atoms with Gasteiger partial charge < -0.3 is 5.32 Å². The number of amides is 1. The quantitative estimate of drug-likeness (QED) is 0.838. The van der Waals surface area contributed by atoms with Gasteiger partial charge in [-0.1, -0.05) is 24.3 Å². The zero-order valence-electron chi connectivity index (χ0n) is 10.6. The van der Waals surface area contributed by atoms with Crippen LogP contribution in [0.25, 0.3) is 17.0 Å². The van der Waals surface area contributed by atoms with E-state index in [1.165, 1.54) is 0 Å². The highest BCUT2D eigenvalue weighted by Gasteiger charge is 2.00. The molecule has 3 nitrogen and oxygen atoms in total. The van der Waals surface area contributed by atoms with E-state index in [2.05, 4.69) is 10.3 Å². The summed E-state index contributed by atoms with van der Waals surface area (Å²) in [6.45, 7) is 3.87. The summed E-state index contributed by atoms with van der Waals surface area (Å²) in [5.41, 5.74) is 1.86. The third-order valence-corrected chi connectivity index (χ3v) is 2.51. The molecule has 0 atom stereocenters. The maximum atomic E-state index is 11.5. The van der Waals surface area contributed by atoms with Gasteiger partial charge in [-0.2, -0.15) is 0 Å². The van der Waals surface area contributed by atoms with Crippen LogP contribution in [0, 0.1) is 0 Å². The molecule has 1 heterocycles. The van der Waals surface area contributed by atoms with Crippen molar-refractivity contribution in [1.29, 1.82) is 0 Å². The Bertz CT molecular complexity index is 583. The van der Waals surface area contributed by atoms with Crippen molar-refractivity contribution in [2.75, 3.05) is 0 Å². The van der Waals surface area contributed by atoms with Crippen LogP contribution in [0.3, 0.4) is 0 Å². The minimum absolute atomic E-state index is 0.0852. The third kappa shape index (κ3) is 2.94. The summed E-state index contributed by atoms with van der Waals surface area (Å²) < 4.78 is 0. The lowest BCUT2D eigenvalue weighted by molar-refractivity contribution is -0.116. The molecule has 1 aromatic heterocycles. The fourth-order valence-electron chi connectivity index (χ4n) is 1.76. The van der Waals surface area contributed by atoms with Crippen LogP contribution < -0.4 is 5.32 Å². The molecule has 0 fully saturated rings. The SMILES string of the molecule is CC(C)NC(=O)/C=C/c1cccc2cccnc12. The first kappa shape index (κ1) is 12.3. The summed E-state index contributed by atoms with van der Waals surface area (Å²) in [5, 5.41) is 3.89. The van der Waals surface area contributed by atoms with E-state index in [0.29, 0.717) is 0 Å². The van der Waals surface area contributed by atoms with Crippen LogP contribution in [0.2, 0.25) is 0 Å². The van der Waals surface area contributed by atoms with Crippen molar-refractivity contribution in [3.8, 4) is 0 Å². The number of aromatic nitrogens is 1. The van der Waals surface area contributed by atoms with Crippen LogP contribution in [0.15, 0.2) is 42.6 Å². The third-order valence-electron chi connectivity index (χ3n) is 2.51. The summed E-state index contributed by atoms with van der Waals surface area (Å²) in [5.74, 6) is -0.0852. The fraction of sp³-hybridized carbons (Fsp3) is 0.200. The van der Waals surface area contributed by atoms with Crippen molar-refractivity contribution >= 4 is 22.9 Å². The standard InChI is InChI=1S/C15H16N2O/c1-11(2)17-14(18)9-8-13-6-3-5-12-7-4-10-16-15(12)13/h3-11H,1-2H3,(H,17,18)/b9-8+. The molecule has 0 aliphatic rings. The number of para-hydroxylation sites is 1. The van der Waals surface area contributed by atoms with Crippen molar-refractivity contribution in [3.63, 3.8) is 0 Å². The van der Waals surface area contributed by atoms with Crippen molar-refractivity contribution in [2.45, 2.75) is 19.9 Å². The molecule has 0 bridgehead atoms. The second-order valence-corrected chi connectivity index (χ2v) is 4.42. The number of carbonyl (C=O) groups is 1. The highest BCUT2D eigenvalue weighted by molar-refractivity contribution is 5.95. The number of carbonyl (C=O) groups excluding carboxylic acids is 1. The Balaban J connectivity index is 2.27. The molecule has 0 aliphatic carbocycles. The van der Waals surface area contributed by atoms with Crippen molar-refractivity contribution < 1.29 is 4.79 Å². The van der Waals surface area contributed by atoms with Gasteiger partial charge in [0, 0.05) is 29.3 Å². The molecule has 1 aromatic carbocycles. The first-order valence-corrected chi connectivity index (χ1v) is 5.99. The maximum absolute atomic E-state index is 11.5. The number of benzene rings is 1. The van der Waals surface area contributed by atoms with Crippen molar-refractivity contribution in [3.05, 3.63) is 48.2 Å². The van der Waals surface area contributed by atoms with Gasteiger partial charge in [-0.15, -0.1) is 0 Å². The summed E-state index contributed by atoms with van der Waals surface area (Å²) in [6, 6.07) is 9.98. The fourth-order valence-corrected chi connectivity index (χ4v) is 1.76. The molecule has 0 spiro atoms. The first-order chi connectivity index (χ1) is 8.66. The topological polar surface area (TPSA) is 42.0 Å². The molecule has 0 saturated carbocycles. The Morgan fingerprint density at radius 3 is 2.83 bits per heavy atom. The second kappa shape index (κ2) is 5.45. The Morgan fingerprint density at radius 1 is 1.28 bits per heavy atom. The second-order valence-electron chi connectivity index (χ2n) is 4.42. The lowest BCUT2D eigenvalue weighted by Crippen LogP contribution is -2.28. The van der Waals surface area contributed by atoms with E-state index in [-0.39, 0.29) is 11.9 Å². The van der Waals surface area contributed by atoms with Gasteiger partial charge in [-0.25, -0.2) is 0 Å². The molecular weight excluding hydrogens is 224 g/mol. The van der Waals surface area contributed by atoms with Gasteiger partial charge in [0.05, 0.1) is 5.52 Å². The van der Waals surface area contributed by atoms with Crippen LogP contribution in [0.5, 0.6) is 0 Å². The molecule has 0 radical (unpaired) electrons. The molecule has 3 heteroatoms. The zero-order valence-corrected chi connectivity index (χ0v) is 10.6. The van der Waals surface area contributed by atoms with Gasteiger partial charge in [0.25, 0.3) is 0 Å². The normalized spacial score (nSPS) is 11.3. The molecule has 1 N–H and O–H groups in total. The number of nitrogens with one attached hydrogen (secondary N) is 1. The van der Waals surface area contributed by atoms with Gasteiger partial charge in [-0.05, 0) is 26.0 Å². The smallest absolute Gasteiger partial charge is 0.244 e. The number of nitrogens with zero attached hydrogens (tertiary/aromatic N) is 1. The lowest BCUT2D eigenvalue weighted by Gasteiger charge is -2.04. The van der Waals surface area contributed by atoms with Crippen LogP contribution in [0.1, 0.15) is 19.4 Å². The van der Waals surface area contributed by atoms with Crippen molar-refractivity contribution in [2.24, 2.45) is 0 Å². The monoisotopic (exact) mass is 240 g/mol. The van der Waals surface area contributed by atoms with Crippen LogP contribution in [-0.2, 0) is 4.79 Å². The van der Waals surface area contributed by atoms with E-state index < -0.39 is 0 Å². The lowest BCUT2D eigenvalue weighted by atomic mass is 10.1. The number of rotatable bonds is 3. The van der Waals surface area contributed by atoms with Crippen LogP contribution in [-0.4, -0.2) is 16.9 Å². The van der Waals surface area contributed by atoms with Gasteiger partial charge in [0.2, 0.25) is 5.91 Å². The van der Waals surface area contributed by atoms with E-state index >= 15 is 0 Å². The molecule has 2 aromatic rings. The molecule has 18 heavy (non-hydrogen) atoms. The van der Waals surface area contributed by atoms with Gasteiger partial charge in [-0.3, -0.25) is 9.78 Å². The highest BCUT2D eigenvalue weighted by Crippen LogP contribution is 2.16. The maximum Gasteiger partial charge on any atom is 0.244 e. The Morgan fingerprint density at radius 2 is 2.06 bits per heavy atom. The molecule has 92 valence electrons. The average molecular weight is 240 g/mol. The number of pyridine rings is 1. The van der Waals surface area contributed by atoms with E-state index in [1.807, 2.05) is 44.2 Å². The number of fused-ring (bicyclic) bond motifs is 1. The highest BCUT2D eigenvalue weighted by atomic mass is 16.1. The Kier molecular flexibility index (Phi) is 3.72. The van der Waals surface area contributed by atoms with Crippen LogP contribution in [0.4, 0.5) is 0 Å². The number of hydrogen-bond acceptors (Lipinski definition) is 2. The minimum atomic E-state index is -0.0852. The Labute approximate surface area is 107 Å². The minimum Gasteiger partial charge on any atom is -0.350 e. The molecular formula is C15H16N2O. The van der Waals surface area contributed by atoms with Gasteiger partial charge in [0.1, 0.15) is 0 Å². The van der Waals surface area contributed by atoms with E-state index in [1.54, 1.807) is 18.3 Å². The zero-order chi connectivity index (χ0) is 13.0. The predicted molar refractivity (Wildman–Crippen MR) is 74.1 cm³/mol. The molecule has 0 unspecified atom stereocenters. The molecule has 0 aliphatic heterocycles. The van der Waals surface area contributed by atoms with Crippen LogP contribution >= 0.6 is 0 Å². The van der Waals surface area contributed by atoms with E-state index in [9.17, 15) is 4.79 Å². The largest absolute Gasteiger partial charge is 0.350 e. The van der Waals surface area contributed by atoms with Gasteiger partial charge in [0.15, 0.2) is 0 Å². The first-order valence-electron chi connectivity index (χ1n) is 5.99. The summed E-state index contributed by atoms with van der Waals surface area (Å²) in [7, 11) is 0. The summed E-state index contributed by atoms with van der Waals surface area (Å²) in [4.78, 5) is 15.9. The van der Waals surface area contributed by atoms with Crippen molar-refractivity contribution in [1.82, 2.24) is 10.3 Å². The average Bonchev–Trinajstić information content (AvgIpc) is 2.35. The van der Waals surface area contributed by atoms with E-state index in [0.717, 1.165) is 16.5 Å². The predicted octanol–water partition coefficient (Wildman–Crippen LogP) is 2.77. The molecule has 2 rings (SSSR count). The molecule has 0 saturated heterocycles. The Hall–Kier alpha value is -2.16. The van der Waals surface area contributed by atoms with E-state index in [4.69, 9.17) is 0 Å². The number of hydrogen-bond donors (Lipinski definition) is 1. The van der Waals surface area contributed by atoms with Gasteiger partial charge >= 0.3 is 0 Å².